The fraction of sp³-hybridized carbons (Fsp3) is 0.824. The van der Waals surface area contributed by atoms with Crippen LogP contribution >= 0.6 is 0 Å². The van der Waals surface area contributed by atoms with Gasteiger partial charge in [0.2, 0.25) is 5.91 Å². The molecular weight excluding hydrogens is 314 g/mol. The predicted octanol–water partition coefficient (Wildman–Crippen LogP) is 4.23. The van der Waals surface area contributed by atoms with E-state index in [9.17, 15) is 13.2 Å². The molecule has 0 atom stereocenters. The number of primary amides is 1. The molecule has 0 aromatic carbocycles. The zero-order chi connectivity index (χ0) is 18.0. The van der Waals surface area contributed by atoms with Crippen LogP contribution in [0.15, 0.2) is 12.7 Å². The van der Waals surface area contributed by atoms with E-state index in [0.717, 1.165) is 18.9 Å². The first-order valence-electron chi connectivity index (χ1n) is 8.70. The van der Waals surface area contributed by atoms with Gasteiger partial charge >= 0.3 is 0 Å². The van der Waals surface area contributed by atoms with E-state index in [4.69, 9.17) is 4.55 Å². The molecule has 6 heteroatoms. The zero-order valence-corrected chi connectivity index (χ0v) is 15.5. The summed E-state index contributed by atoms with van der Waals surface area (Å²) in [7, 11) is -3.74. The molecule has 5 nitrogen and oxygen atoms in total. The van der Waals surface area contributed by atoms with Gasteiger partial charge in [-0.05, 0) is 12.5 Å². The van der Waals surface area contributed by atoms with Crippen LogP contribution in [0.3, 0.4) is 0 Å². The number of hydrogen-bond donors (Lipinski definition) is 2. The molecule has 0 saturated heterocycles. The van der Waals surface area contributed by atoms with E-state index in [1.807, 2.05) is 0 Å². The highest BCUT2D eigenvalue weighted by Crippen LogP contribution is 2.12. The van der Waals surface area contributed by atoms with Gasteiger partial charge in [0, 0.05) is 0 Å². The van der Waals surface area contributed by atoms with Crippen molar-refractivity contribution in [3.8, 4) is 0 Å². The largest absolute Gasteiger partial charge is 0.366 e. The highest BCUT2D eigenvalue weighted by molar-refractivity contribution is 7.85. The molecule has 0 spiro atoms. The Balaban J connectivity index is 0. The molecule has 0 fully saturated rings. The van der Waals surface area contributed by atoms with E-state index in [2.05, 4.69) is 19.2 Å². The second kappa shape index (κ2) is 17.5. The van der Waals surface area contributed by atoms with Crippen LogP contribution in [0.5, 0.6) is 0 Å². The maximum atomic E-state index is 10.5. The number of hydrogen-bond acceptors (Lipinski definition) is 3. The minimum Gasteiger partial charge on any atom is -0.366 e. The van der Waals surface area contributed by atoms with Gasteiger partial charge in [0.25, 0.3) is 10.1 Å². The van der Waals surface area contributed by atoms with Crippen LogP contribution in [0.25, 0.3) is 0 Å². The number of amides is 1. The van der Waals surface area contributed by atoms with Crippen LogP contribution < -0.4 is 5.73 Å². The number of unbranched alkanes of at least 4 members (excludes halogenated alkanes) is 11. The Morgan fingerprint density at radius 1 is 0.913 bits per heavy atom. The summed E-state index contributed by atoms with van der Waals surface area (Å²) in [6.07, 6.45) is 15.6. The number of nitrogens with two attached hydrogens (primary N) is 1. The fourth-order valence-corrected chi connectivity index (χ4v) is 2.69. The summed E-state index contributed by atoms with van der Waals surface area (Å²) in [4.78, 5) is 9.47. The van der Waals surface area contributed by atoms with E-state index in [1.165, 1.54) is 57.8 Å². The summed E-state index contributed by atoms with van der Waals surface area (Å²) in [6.45, 7) is 5.32. The van der Waals surface area contributed by atoms with E-state index < -0.39 is 16.0 Å². The Morgan fingerprint density at radius 3 is 1.48 bits per heavy atom. The van der Waals surface area contributed by atoms with Gasteiger partial charge in [-0.1, -0.05) is 84.1 Å². The third-order valence-corrected chi connectivity index (χ3v) is 4.26. The van der Waals surface area contributed by atoms with Crippen molar-refractivity contribution in [3.05, 3.63) is 12.7 Å². The van der Waals surface area contributed by atoms with Gasteiger partial charge in [-0.2, -0.15) is 8.42 Å². The first-order chi connectivity index (χ1) is 10.8. The van der Waals surface area contributed by atoms with E-state index in [-0.39, 0.29) is 5.75 Å². The lowest BCUT2D eigenvalue weighted by Crippen LogP contribution is -2.04. The molecular formula is C17H35NO4S. The predicted molar refractivity (Wildman–Crippen MR) is 96.9 cm³/mol. The maximum Gasteiger partial charge on any atom is 0.264 e. The number of rotatable bonds is 14. The molecule has 0 radical (unpaired) electrons. The summed E-state index contributed by atoms with van der Waals surface area (Å²) in [5.41, 5.74) is 4.53. The monoisotopic (exact) mass is 349 g/mol. The smallest absolute Gasteiger partial charge is 0.264 e. The van der Waals surface area contributed by atoms with Crippen molar-refractivity contribution in [1.82, 2.24) is 0 Å². The maximum absolute atomic E-state index is 10.5. The third kappa shape index (κ3) is 29.7. The highest BCUT2D eigenvalue weighted by atomic mass is 32.2. The summed E-state index contributed by atoms with van der Waals surface area (Å²) >= 11 is 0. The zero-order valence-electron chi connectivity index (χ0n) is 14.6. The van der Waals surface area contributed by atoms with Crippen LogP contribution in [0.4, 0.5) is 0 Å². The molecule has 1 amide bonds. The van der Waals surface area contributed by atoms with Crippen LogP contribution in [-0.2, 0) is 14.9 Å². The molecule has 0 bridgehead atoms. The van der Waals surface area contributed by atoms with Crippen molar-refractivity contribution in [2.75, 3.05) is 5.75 Å². The molecule has 0 aliphatic heterocycles. The Hall–Kier alpha value is -0.880. The van der Waals surface area contributed by atoms with E-state index >= 15 is 0 Å². The van der Waals surface area contributed by atoms with Crippen LogP contribution in [0.2, 0.25) is 0 Å². The average molecular weight is 350 g/mol. The molecule has 0 aromatic rings. The van der Waals surface area contributed by atoms with E-state index in [0.29, 0.717) is 6.42 Å². The van der Waals surface area contributed by atoms with Gasteiger partial charge in [0.05, 0.1) is 5.75 Å². The molecule has 0 aliphatic rings. The molecule has 0 aliphatic carbocycles. The topological polar surface area (TPSA) is 97.5 Å². The number of carbonyl (C=O) groups is 1. The second-order valence-corrected chi connectivity index (χ2v) is 7.35. The molecule has 0 heterocycles. The minimum absolute atomic E-state index is 0.0789. The first kappa shape index (κ1) is 24.4. The standard InChI is InChI=1S/C14H30O3S.C3H5NO/c1-2-3-4-5-6-7-8-9-10-11-12-13-14-18(15,16)17;1-2-3(4)5/h2-14H2,1H3,(H,15,16,17);2H,1H2,(H2,4,5). The van der Waals surface area contributed by atoms with Gasteiger partial charge in [-0.3, -0.25) is 9.35 Å². The molecule has 0 saturated carbocycles. The molecule has 3 N–H and O–H groups in total. The normalized spacial score (nSPS) is 10.7. The molecule has 23 heavy (non-hydrogen) atoms. The van der Waals surface area contributed by atoms with Crippen molar-refractivity contribution in [2.45, 2.75) is 84.0 Å². The van der Waals surface area contributed by atoms with Crippen LogP contribution in [0, 0.1) is 0 Å². The lowest BCUT2D eigenvalue weighted by molar-refractivity contribution is -0.113. The van der Waals surface area contributed by atoms with Crippen molar-refractivity contribution in [3.63, 3.8) is 0 Å². The highest BCUT2D eigenvalue weighted by Gasteiger charge is 2.02. The summed E-state index contributed by atoms with van der Waals surface area (Å²) in [5, 5.41) is 0. The van der Waals surface area contributed by atoms with Gasteiger partial charge in [-0.25, -0.2) is 0 Å². The first-order valence-corrected chi connectivity index (χ1v) is 10.3. The number of carbonyl (C=O) groups excluding carboxylic acids is 1. The SMILES string of the molecule is C=CC(N)=O.CCCCCCCCCCCCCCS(=O)(=O)O. The second-order valence-electron chi connectivity index (χ2n) is 5.78. The molecule has 0 aromatic heterocycles. The van der Waals surface area contributed by atoms with Crippen molar-refractivity contribution in [1.29, 1.82) is 0 Å². The van der Waals surface area contributed by atoms with Gasteiger partial charge in [-0.15, -0.1) is 0 Å². The summed E-state index contributed by atoms with van der Waals surface area (Å²) in [5.74, 6) is -0.560. The quantitative estimate of drug-likeness (QED) is 0.278. The Morgan fingerprint density at radius 2 is 1.22 bits per heavy atom. The summed E-state index contributed by atoms with van der Waals surface area (Å²) in [6, 6.07) is 0. The summed E-state index contributed by atoms with van der Waals surface area (Å²) < 4.78 is 29.5. The van der Waals surface area contributed by atoms with Crippen molar-refractivity contribution < 1.29 is 17.8 Å². The lowest BCUT2D eigenvalue weighted by atomic mass is 10.1. The fourth-order valence-electron chi connectivity index (χ4n) is 2.13. The molecule has 138 valence electrons. The Kier molecular flexibility index (Phi) is 18.5. The van der Waals surface area contributed by atoms with Gasteiger partial charge in [0.1, 0.15) is 0 Å². The van der Waals surface area contributed by atoms with Crippen molar-refractivity contribution >= 4 is 16.0 Å². The van der Waals surface area contributed by atoms with Crippen molar-refractivity contribution in [2.24, 2.45) is 5.73 Å². The minimum atomic E-state index is -3.74. The van der Waals surface area contributed by atoms with Crippen LogP contribution in [0.1, 0.15) is 84.0 Å². The molecule has 0 rings (SSSR count). The lowest BCUT2D eigenvalue weighted by Gasteiger charge is -2.02. The van der Waals surface area contributed by atoms with Gasteiger partial charge < -0.3 is 5.73 Å². The Labute approximate surface area is 142 Å². The Bertz CT molecular complexity index is 380. The average Bonchev–Trinajstić information content (AvgIpc) is 2.48. The van der Waals surface area contributed by atoms with Crippen LogP contribution in [-0.4, -0.2) is 24.6 Å². The van der Waals surface area contributed by atoms with E-state index in [1.54, 1.807) is 0 Å². The molecule has 0 unspecified atom stereocenters. The third-order valence-electron chi connectivity index (χ3n) is 3.46. The van der Waals surface area contributed by atoms with Gasteiger partial charge in [0.15, 0.2) is 0 Å².